The molecule has 1 aliphatic heterocycles. The van der Waals surface area contributed by atoms with Crippen LogP contribution < -0.4 is 4.90 Å². The van der Waals surface area contributed by atoms with Crippen LogP contribution in [-0.4, -0.2) is 46.2 Å². The summed E-state index contributed by atoms with van der Waals surface area (Å²) in [5.74, 6) is 0. The highest BCUT2D eigenvalue weighted by Crippen LogP contribution is 2.18. The second-order valence-electron chi connectivity index (χ2n) is 5.60. The van der Waals surface area contributed by atoms with Crippen LogP contribution in [0.25, 0.3) is 0 Å². The maximum absolute atomic E-state index is 12.2. The molecule has 128 valence electrons. The van der Waals surface area contributed by atoms with Crippen molar-refractivity contribution in [1.29, 1.82) is 0 Å². The van der Waals surface area contributed by atoms with Gasteiger partial charge in [-0.15, -0.1) is 0 Å². The summed E-state index contributed by atoms with van der Waals surface area (Å²) in [6, 6.07) is 16.2. The Morgan fingerprint density at radius 1 is 0.917 bits per heavy atom. The normalized spacial score (nSPS) is 16.3. The molecular formula is C17H19ClN2O3S. The second-order valence-corrected chi connectivity index (χ2v) is 7.65. The predicted molar refractivity (Wildman–Crippen MR) is 94.8 cm³/mol. The van der Waals surface area contributed by atoms with E-state index in [9.17, 15) is 8.42 Å². The molecule has 0 unspecified atom stereocenters. The number of hydrogen-bond donors (Lipinski definition) is 0. The lowest BCUT2D eigenvalue weighted by Gasteiger charge is -2.35. The lowest BCUT2D eigenvalue weighted by molar-refractivity contribution is 0.125. The van der Waals surface area contributed by atoms with Crippen LogP contribution in [0.2, 0.25) is 5.02 Å². The number of para-hydroxylation sites is 1. The standard InChI is InChI=1S/C17H19ClN2O3S/c18-15-6-8-17(9-7-15)24(21,22)23-14-19-10-12-20(13-11-19)16-4-2-1-3-5-16/h1-9H,10-14H2. The highest BCUT2D eigenvalue weighted by Gasteiger charge is 2.21. The van der Waals surface area contributed by atoms with Gasteiger partial charge in [-0.3, -0.25) is 9.08 Å². The van der Waals surface area contributed by atoms with E-state index in [4.69, 9.17) is 15.8 Å². The number of rotatable bonds is 5. The van der Waals surface area contributed by atoms with E-state index < -0.39 is 10.1 Å². The van der Waals surface area contributed by atoms with E-state index >= 15 is 0 Å². The van der Waals surface area contributed by atoms with Crippen molar-refractivity contribution < 1.29 is 12.6 Å². The minimum Gasteiger partial charge on any atom is -0.369 e. The third kappa shape index (κ3) is 4.27. The molecule has 0 radical (unpaired) electrons. The molecule has 3 rings (SSSR count). The summed E-state index contributed by atoms with van der Waals surface area (Å²) in [6.07, 6.45) is 0. The third-order valence-corrected chi connectivity index (χ3v) is 5.50. The van der Waals surface area contributed by atoms with Crippen LogP contribution in [-0.2, 0) is 14.3 Å². The summed E-state index contributed by atoms with van der Waals surface area (Å²) in [5.41, 5.74) is 1.19. The summed E-state index contributed by atoms with van der Waals surface area (Å²) in [6.45, 7) is 3.26. The average molecular weight is 367 g/mol. The van der Waals surface area contributed by atoms with Crippen molar-refractivity contribution in [2.45, 2.75) is 4.90 Å². The summed E-state index contributed by atoms with van der Waals surface area (Å²) < 4.78 is 29.5. The molecule has 0 amide bonds. The molecule has 2 aromatic rings. The van der Waals surface area contributed by atoms with E-state index in [1.165, 1.54) is 30.0 Å². The Bertz CT molecular complexity index is 758. The van der Waals surface area contributed by atoms with Gasteiger partial charge in [-0.1, -0.05) is 29.8 Å². The topological polar surface area (TPSA) is 49.9 Å². The van der Waals surface area contributed by atoms with Gasteiger partial charge in [0.05, 0.1) is 4.90 Å². The largest absolute Gasteiger partial charge is 0.369 e. The lowest BCUT2D eigenvalue weighted by atomic mass is 10.2. The lowest BCUT2D eigenvalue weighted by Crippen LogP contribution is -2.47. The Morgan fingerprint density at radius 2 is 1.54 bits per heavy atom. The molecule has 24 heavy (non-hydrogen) atoms. The van der Waals surface area contributed by atoms with Gasteiger partial charge in [-0.05, 0) is 36.4 Å². The van der Waals surface area contributed by atoms with Crippen LogP contribution in [0.5, 0.6) is 0 Å². The van der Waals surface area contributed by atoms with Crippen molar-refractivity contribution in [3.8, 4) is 0 Å². The molecule has 1 heterocycles. The van der Waals surface area contributed by atoms with E-state index in [1.807, 2.05) is 23.1 Å². The fourth-order valence-electron chi connectivity index (χ4n) is 2.59. The monoisotopic (exact) mass is 366 g/mol. The maximum Gasteiger partial charge on any atom is 0.298 e. The van der Waals surface area contributed by atoms with Crippen LogP contribution in [0, 0.1) is 0 Å². The van der Waals surface area contributed by atoms with E-state index in [0.717, 1.165) is 26.2 Å². The molecule has 2 aromatic carbocycles. The Balaban J connectivity index is 1.52. The Kier molecular flexibility index (Phi) is 5.40. The van der Waals surface area contributed by atoms with E-state index in [1.54, 1.807) is 0 Å². The van der Waals surface area contributed by atoms with Gasteiger partial charge in [0.1, 0.15) is 6.73 Å². The van der Waals surface area contributed by atoms with E-state index in [-0.39, 0.29) is 11.6 Å². The minimum absolute atomic E-state index is 0.0631. The summed E-state index contributed by atoms with van der Waals surface area (Å²) in [4.78, 5) is 4.40. The summed E-state index contributed by atoms with van der Waals surface area (Å²) >= 11 is 5.78. The van der Waals surface area contributed by atoms with Gasteiger partial charge in [0, 0.05) is 36.9 Å². The molecule has 5 nitrogen and oxygen atoms in total. The molecule has 0 bridgehead atoms. The first-order valence-corrected chi connectivity index (χ1v) is 9.50. The number of nitrogens with zero attached hydrogens (tertiary/aromatic N) is 2. The number of halogens is 1. The third-order valence-electron chi connectivity index (χ3n) is 3.99. The fraction of sp³-hybridized carbons (Fsp3) is 0.294. The number of benzene rings is 2. The van der Waals surface area contributed by atoms with Gasteiger partial charge in [-0.2, -0.15) is 8.42 Å². The second kappa shape index (κ2) is 7.53. The van der Waals surface area contributed by atoms with Gasteiger partial charge < -0.3 is 4.90 Å². The number of hydrogen-bond acceptors (Lipinski definition) is 5. The summed E-state index contributed by atoms with van der Waals surface area (Å²) in [7, 11) is -3.76. The first-order valence-electron chi connectivity index (χ1n) is 7.72. The van der Waals surface area contributed by atoms with Gasteiger partial charge in [0.2, 0.25) is 0 Å². The minimum atomic E-state index is -3.76. The average Bonchev–Trinajstić information content (AvgIpc) is 2.62. The first-order chi connectivity index (χ1) is 11.5. The van der Waals surface area contributed by atoms with Crippen LogP contribution in [0.1, 0.15) is 0 Å². The van der Waals surface area contributed by atoms with Crippen LogP contribution in [0.15, 0.2) is 59.5 Å². The summed E-state index contributed by atoms with van der Waals surface area (Å²) in [5, 5.41) is 0.492. The Labute approximate surface area is 147 Å². The van der Waals surface area contributed by atoms with E-state index in [2.05, 4.69) is 17.0 Å². The molecule has 0 atom stereocenters. The zero-order chi connectivity index (χ0) is 17.0. The van der Waals surface area contributed by atoms with Crippen molar-refractivity contribution >= 4 is 27.4 Å². The van der Waals surface area contributed by atoms with Crippen molar-refractivity contribution in [3.05, 3.63) is 59.6 Å². The SMILES string of the molecule is O=S(=O)(OCN1CCN(c2ccccc2)CC1)c1ccc(Cl)cc1. The quantitative estimate of drug-likeness (QED) is 0.761. The molecule has 0 spiro atoms. The van der Waals surface area contributed by atoms with E-state index in [0.29, 0.717) is 5.02 Å². The highest BCUT2D eigenvalue weighted by atomic mass is 35.5. The van der Waals surface area contributed by atoms with Crippen molar-refractivity contribution in [1.82, 2.24) is 4.90 Å². The maximum atomic E-state index is 12.2. The van der Waals surface area contributed by atoms with Crippen LogP contribution in [0.4, 0.5) is 5.69 Å². The molecular weight excluding hydrogens is 348 g/mol. The molecule has 0 saturated carbocycles. The fourth-order valence-corrected chi connectivity index (χ4v) is 3.61. The van der Waals surface area contributed by atoms with Crippen LogP contribution >= 0.6 is 11.6 Å². The molecule has 7 heteroatoms. The Morgan fingerprint density at radius 3 is 2.17 bits per heavy atom. The van der Waals surface area contributed by atoms with Crippen molar-refractivity contribution in [2.75, 3.05) is 37.8 Å². The smallest absolute Gasteiger partial charge is 0.298 e. The molecule has 0 aliphatic carbocycles. The first kappa shape index (κ1) is 17.2. The zero-order valence-corrected chi connectivity index (χ0v) is 14.7. The van der Waals surface area contributed by atoms with Crippen molar-refractivity contribution in [3.63, 3.8) is 0 Å². The van der Waals surface area contributed by atoms with Gasteiger partial charge in [0.15, 0.2) is 0 Å². The molecule has 1 fully saturated rings. The molecule has 1 aliphatic rings. The zero-order valence-electron chi connectivity index (χ0n) is 13.1. The van der Waals surface area contributed by atoms with Crippen molar-refractivity contribution in [2.24, 2.45) is 0 Å². The van der Waals surface area contributed by atoms with Gasteiger partial charge >= 0.3 is 0 Å². The highest BCUT2D eigenvalue weighted by molar-refractivity contribution is 7.86. The molecule has 0 aromatic heterocycles. The van der Waals surface area contributed by atoms with Crippen LogP contribution in [0.3, 0.4) is 0 Å². The number of anilines is 1. The Hall–Kier alpha value is -1.60. The number of piperazine rings is 1. The van der Waals surface area contributed by atoms with Gasteiger partial charge in [-0.25, -0.2) is 0 Å². The van der Waals surface area contributed by atoms with Gasteiger partial charge in [0.25, 0.3) is 10.1 Å². The molecule has 1 saturated heterocycles. The molecule has 0 N–H and O–H groups in total. The predicted octanol–water partition coefficient (Wildman–Crippen LogP) is 2.83.